The fraction of sp³-hybridized carbons (Fsp3) is 0.556. The highest BCUT2D eigenvalue weighted by molar-refractivity contribution is 6.29. The van der Waals surface area contributed by atoms with Crippen LogP contribution in [0.1, 0.15) is 12.2 Å². The minimum absolute atomic E-state index is 0.254. The summed E-state index contributed by atoms with van der Waals surface area (Å²) in [5.74, 6) is 1.59. The number of hydrogen-bond acceptors (Lipinski definition) is 4. The third-order valence-corrected chi connectivity index (χ3v) is 2.54. The van der Waals surface area contributed by atoms with Crippen LogP contribution in [0, 0.1) is 6.92 Å². The minimum atomic E-state index is 0.254. The maximum absolute atomic E-state index is 5.86. The Morgan fingerprint density at radius 1 is 1.57 bits per heavy atom. The monoisotopic (exact) mass is 212 g/mol. The van der Waals surface area contributed by atoms with Crippen LogP contribution in [0.25, 0.3) is 0 Å². The summed E-state index contributed by atoms with van der Waals surface area (Å²) in [5, 5.41) is 0.493. The van der Waals surface area contributed by atoms with Gasteiger partial charge in [0.05, 0.1) is 0 Å². The molecule has 1 aromatic heterocycles. The van der Waals surface area contributed by atoms with Crippen LogP contribution in [-0.4, -0.2) is 29.1 Å². The molecular weight excluding hydrogens is 200 g/mol. The van der Waals surface area contributed by atoms with Gasteiger partial charge >= 0.3 is 0 Å². The Kier molecular flexibility index (Phi) is 2.56. The van der Waals surface area contributed by atoms with E-state index in [-0.39, 0.29) is 6.04 Å². The molecule has 1 aromatic rings. The summed E-state index contributed by atoms with van der Waals surface area (Å²) in [5.41, 5.74) is 5.82. The third-order valence-electron chi connectivity index (χ3n) is 2.34. The van der Waals surface area contributed by atoms with Crippen molar-refractivity contribution in [3.63, 3.8) is 0 Å². The summed E-state index contributed by atoms with van der Waals surface area (Å²) in [4.78, 5) is 10.5. The number of hydrogen-bond donors (Lipinski definition) is 1. The molecule has 1 fully saturated rings. The SMILES string of the molecule is Cc1nc(Cl)cc(N2CCC(N)C2)n1. The second-order valence-electron chi connectivity index (χ2n) is 3.59. The highest BCUT2D eigenvalue weighted by Crippen LogP contribution is 2.19. The van der Waals surface area contributed by atoms with Gasteiger partial charge in [0, 0.05) is 25.2 Å². The summed E-state index contributed by atoms with van der Waals surface area (Å²) in [6.45, 7) is 3.64. The van der Waals surface area contributed by atoms with Crippen LogP contribution in [0.4, 0.5) is 5.82 Å². The van der Waals surface area contributed by atoms with Gasteiger partial charge in [0.2, 0.25) is 0 Å². The van der Waals surface area contributed by atoms with Gasteiger partial charge in [-0.2, -0.15) is 0 Å². The number of halogens is 1. The normalized spacial score (nSPS) is 21.6. The average molecular weight is 213 g/mol. The van der Waals surface area contributed by atoms with Gasteiger partial charge in [0.15, 0.2) is 0 Å². The summed E-state index contributed by atoms with van der Waals surface area (Å²) < 4.78 is 0. The quantitative estimate of drug-likeness (QED) is 0.705. The molecule has 1 unspecified atom stereocenters. The van der Waals surface area contributed by atoms with Crippen LogP contribution in [0.5, 0.6) is 0 Å². The first-order valence-corrected chi connectivity index (χ1v) is 5.04. The van der Waals surface area contributed by atoms with Crippen molar-refractivity contribution in [3.05, 3.63) is 17.0 Å². The van der Waals surface area contributed by atoms with Crippen LogP contribution in [-0.2, 0) is 0 Å². The van der Waals surface area contributed by atoms with Gasteiger partial charge in [-0.3, -0.25) is 0 Å². The predicted molar refractivity (Wildman–Crippen MR) is 56.6 cm³/mol. The second-order valence-corrected chi connectivity index (χ2v) is 3.98. The van der Waals surface area contributed by atoms with E-state index in [4.69, 9.17) is 17.3 Å². The molecule has 1 atom stereocenters. The molecule has 2 heterocycles. The topological polar surface area (TPSA) is 55.0 Å². The maximum atomic E-state index is 5.86. The van der Waals surface area contributed by atoms with Gasteiger partial charge < -0.3 is 10.6 Å². The molecule has 76 valence electrons. The van der Waals surface area contributed by atoms with E-state index in [1.165, 1.54) is 0 Å². The highest BCUT2D eigenvalue weighted by atomic mass is 35.5. The Hall–Kier alpha value is -0.870. The van der Waals surface area contributed by atoms with E-state index in [1.54, 1.807) is 6.07 Å². The van der Waals surface area contributed by atoms with E-state index < -0.39 is 0 Å². The third kappa shape index (κ3) is 1.96. The smallest absolute Gasteiger partial charge is 0.134 e. The Balaban J connectivity index is 2.23. The first kappa shape index (κ1) is 9.68. The van der Waals surface area contributed by atoms with Crippen molar-refractivity contribution >= 4 is 17.4 Å². The lowest BCUT2D eigenvalue weighted by molar-refractivity contribution is 0.751. The lowest BCUT2D eigenvalue weighted by Crippen LogP contribution is -2.27. The van der Waals surface area contributed by atoms with Crippen molar-refractivity contribution in [2.24, 2.45) is 5.73 Å². The molecule has 2 N–H and O–H groups in total. The summed E-state index contributed by atoms with van der Waals surface area (Å²) in [6, 6.07) is 2.04. The van der Waals surface area contributed by atoms with Gasteiger partial charge in [-0.15, -0.1) is 0 Å². The minimum Gasteiger partial charge on any atom is -0.355 e. The molecule has 14 heavy (non-hydrogen) atoms. The number of rotatable bonds is 1. The number of nitrogens with zero attached hydrogens (tertiary/aromatic N) is 3. The number of aryl methyl sites for hydroxylation is 1. The number of nitrogens with two attached hydrogens (primary N) is 1. The van der Waals surface area contributed by atoms with Gasteiger partial charge in [-0.1, -0.05) is 11.6 Å². The van der Waals surface area contributed by atoms with Crippen molar-refractivity contribution in [2.75, 3.05) is 18.0 Å². The lowest BCUT2D eigenvalue weighted by Gasteiger charge is -2.16. The molecule has 0 saturated carbocycles. The van der Waals surface area contributed by atoms with Gasteiger partial charge in [-0.05, 0) is 13.3 Å². The van der Waals surface area contributed by atoms with E-state index in [0.29, 0.717) is 11.0 Å². The molecule has 0 amide bonds. The first-order valence-electron chi connectivity index (χ1n) is 4.67. The predicted octanol–water partition coefficient (Wildman–Crippen LogP) is 0.976. The molecule has 0 spiro atoms. The Labute approximate surface area is 88.1 Å². The van der Waals surface area contributed by atoms with Crippen molar-refractivity contribution in [2.45, 2.75) is 19.4 Å². The van der Waals surface area contributed by atoms with Gasteiger partial charge in [0.25, 0.3) is 0 Å². The maximum Gasteiger partial charge on any atom is 0.134 e. The molecule has 0 aliphatic carbocycles. The molecule has 1 saturated heterocycles. The molecular formula is C9H13ClN4. The van der Waals surface area contributed by atoms with Crippen molar-refractivity contribution in [3.8, 4) is 0 Å². The second kappa shape index (κ2) is 3.71. The van der Waals surface area contributed by atoms with Crippen LogP contribution in [0.3, 0.4) is 0 Å². The zero-order valence-electron chi connectivity index (χ0n) is 8.07. The lowest BCUT2D eigenvalue weighted by atomic mass is 10.3. The molecule has 1 aliphatic rings. The van der Waals surface area contributed by atoms with Crippen molar-refractivity contribution < 1.29 is 0 Å². The zero-order valence-corrected chi connectivity index (χ0v) is 8.83. The van der Waals surface area contributed by atoms with Crippen molar-refractivity contribution in [1.29, 1.82) is 0 Å². The first-order chi connectivity index (χ1) is 6.65. The van der Waals surface area contributed by atoms with Crippen LogP contribution >= 0.6 is 11.6 Å². The molecule has 0 radical (unpaired) electrons. The molecule has 5 heteroatoms. The fourth-order valence-electron chi connectivity index (χ4n) is 1.67. The Bertz CT molecular complexity index is 321. The largest absolute Gasteiger partial charge is 0.355 e. The molecule has 1 aliphatic heterocycles. The highest BCUT2D eigenvalue weighted by Gasteiger charge is 2.20. The number of anilines is 1. The van der Waals surface area contributed by atoms with E-state index >= 15 is 0 Å². The molecule has 0 bridgehead atoms. The van der Waals surface area contributed by atoms with E-state index in [9.17, 15) is 0 Å². The Morgan fingerprint density at radius 3 is 2.93 bits per heavy atom. The fourth-order valence-corrected chi connectivity index (χ4v) is 1.89. The van der Waals surface area contributed by atoms with Crippen LogP contribution < -0.4 is 10.6 Å². The van der Waals surface area contributed by atoms with E-state index in [1.807, 2.05) is 6.92 Å². The zero-order chi connectivity index (χ0) is 10.1. The standard InChI is InChI=1S/C9H13ClN4/c1-6-12-8(10)4-9(13-6)14-3-2-7(11)5-14/h4,7H,2-3,5,11H2,1H3. The van der Waals surface area contributed by atoms with E-state index in [2.05, 4.69) is 14.9 Å². The van der Waals surface area contributed by atoms with Crippen LogP contribution in [0.15, 0.2) is 6.07 Å². The summed E-state index contributed by atoms with van der Waals surface area (Å²) in [7, 11) is 0. The number of aromatic nitrogens is 2. The summed E-state index contributed by atoms with van der Waals surface area (Å²) >= 11 is 5.86. The average Bonchev–Trinajstić information content (AvgIpc) is 2.50. The molecule has 4 nitrogen and oxygen atoms in total. The summed E-state index contributed by atoms with van der Waals surface area (Å²) in [6.07, 6.45) is 1.01. The van der Waals surface area contributed by atoms with Crippen molar-refractivity contribution in [1.82, 2.24) is 9.97 Å². The Morgan fingerprint density at radius 2 is 2.36 bits per heavy atom. The van der Waals surface area contributed by atoms with Crippen LogP contribution in [0.2, 0.25) is 5.15 Å². The van der Waals surface area contributed by atoms with Gasteiger partial charge in [0.1, 0.15) is 16.8 Å². The van der Waals surface area contributed by atoms with Gasteiger partial charge in [-0.25, -0.2) is 9.97 Å². The van der Waals surface area contributed by atoms with E-state index in [0.717, 1.165) is 25.3 Å². The molecule has 0 aromatic carbocycles. The molecule has 2 rings (SSSR count).